The van der Waals surface area contributed by atoms with Gasteiger partial charge in [0.05, 0.1) is 12.9 Å². The van der Waals surface area contributed by atoms with E-state index in [0.29, 0.717) is 12.5 Å². The van der Waals surface area contributed by atoms with Crippen LogP contribution >= 0.6 is 0 Å². The smallest absolute Gasteiger partial charge is 0.0959 e. The Bertz CT molecular complexity index is 289. The highest BCUT2D eigenvalue weighted by Crippen LogP contribution is 2.40. The van der Waals surface area contributed by atoms with E-state index in [2.05, 4.69) is 6.08 Å². The van der Waals surface area contributed by atoms with Crippen LogP contribution in [0.25, 0.3) is 0 Å². The molecule has 0 saturated carbocycles. The van der Waals surface area contributed by atoms with Crippen molar-refractivity contribution in [3.8, 4) is 0 Å². The van der Waals surface area contributed by atoms with Crippen molar-refractivity contribution < 1.29 is 9.84 Å². The summed E-state index contributed by atoms with van der Waals surface area (Å²) in [6.45, 7) is 0.322. The number of hydrogen-bond donors (Lipinski definition) is 1. The number of hydrogen-bond acceptors (Lipinski definition) is 2. The Labute approximate surface area is 91.6 Å². The molecule has 0 aromatic heterocycles. The Balaban J connectivity index is 2.10. The van der Waals surface area contributed by atoms with E-state index < -0.39 is 0 Å². The predicted molar refractivity (Wildman–Crippen MR) is 60.4 cm³/mol. The zero-order chi connectivity index (χ0) is 10.7. The van der Waals surface area contributed by atoms with Gasteiger partial charge in [0.1, 0.15) is 0 Å². The quantitative estimate of drug-likeness (QED) is 0.723. The van der Waals surface area contributed by atoms with Gasteiger partial charge in [-0.25, -0.2) is 0 Å². The van der Waals surface area contributed by atoms with Gasteiger partial charge in [0.2, 0.25) is 0 Å². The highest BCUT2D eigenvalue weighted by Gasteiger charge is 2.24. The molecule has 2 rings (SSSR count). The summed E-state index contributed by atoms with van der Waals surface area (Å²) in [5.41, 5.74) is 3.18. The SMILES string of the molecule is COC1=CCC2=C(CCCC2CCO)C1. The number of ether oxygens (including phenoxy) is 1. The van der Waals surface area contributed by atoms with Gasteiger partial charge >= 0.3 is 0 Å². The second-order valence-electron chi connectivity index (χ2n) is 4.49. The van der Waals surface area contributed by atoms with Crippen molar-refractivity contribution in [2.45, 2.75) is 38.5 Å². The highest BCUT2D eigenvalue weighted by molar-refractivity contribution is 5.30. The first-order chi connectivity index (χ1) is 7.35. The van der Waals surface area contributed by atoms with Crippen molar-refractivity contribution in [3.05, 3.63) is 23.0 Å². The molecule has 0 saturated heterocycles. The number of aliphatic hydroxyl groups excluding tert-OH is 1. The maximum Gasteiger partial charge on any atom is 0.0959 e. The van der Waals surface area contributed by atoms with Gasteiger partial charge in [-0.1, -0.05) is 11.1 Å². The fourth-order valence-electron chi connectivity index (χ4n) is 2.83. The van der Waals surface area contributed by atoms with E-state index in [1.165, 1.54) is 19.3 Å². The maximum absolute atomic E-state index is 9.04. The molecule has 2 aliphatic carbocycles. The van der Waals surface area contributed by atoms with E-state index in [9.17, 15) is 0 Å². The molecule has 15 heavy (non-hydrogen) atoms. The third-order valence-electron chi connectivity index (χ3n) is 3.66. The van der Waals surface area contributed by atoms with Crippen LogP contribution in [0.2, 0.25) is 0 Å². The molecule has 0 fully saturated rings. The molecule has 0 spiro atoms. The molecule has 2 heteroatoms. The number of methoxy groups -OCH3 is 1. The molecule has 0 aromatic rings. The second-order valence-corrected chi connectivity index (χ2v) is 4.49. The molecule has 2 nitrogen and oxygen atoms in total. The fourth-order valence-corrected chi connectivity index (χ4v) is 2.83. The lowest BCUT2D eigenvalue weighted by Crippen LogP contribution is -2.16. The third kappa shape index (κ3) is 2.25. The van der Waals surface area contributed by atoms with E-state index >= 15 is 0 Å². The van der Waals surface area contributed by atoms with Crippen LogP contribution in [0.15, 0.2) is 23.0 Å². The summed E-state index contributed by atoms with van der Waals surface area (Å²) in [4.78, 5) is 0. The lowest BCUT2D eigenvalue weighted by molar-refractivity contribution is 0.252. The second kappa shape index (κ2) is 4.84. The lowest BCUT2D eigenvalue weighted by atomic mass is 9.76. The van der Waals surface area contributed by atoms with Crippen LogP contribution in [0.4, 0.5) is 0 Å². The molecule has 0 aromatic carbocycles. The molecule has 0 bridgehead atoms. The summed E-state index contributed by atoms with van der Waals surface area (Å²) in [5, 5.41) is 9.04. The minimum Gasteiger partial charge on any atom is -0.501 e. The van der Waals surface area contributed by atoms with Crippen molar-refractivity contribution in [1.29, 1.82) is 0 Å². The molecule has 84 valence electrons. The van der Waals surface area contributed by atoms with Gasteiger partial charge < -0.3 is 9.84 Å². The Morgan fingerprint density at radius 2 is 2.40 bits per heavy atom. The third-order valence-corrected chi connectivity index (χ3v) is 3.66. The maximum atomic E-state index is 9.04. The van der Waals surface area contributed by atoms with Crippen LogP contribution in [0.5, 0.6) is 0 Å². The zero-order valence-electron chi connectivity index (χ0n) is 9.46. The number of allylic oxidation sites excluding steroid dienone is 3. The Morgan fingerprint density at radius 3 is 3.13 bits per heavy atom. The summed E-state index contributed by atoms with van der Waals surface area (Å²) in [7, 11) is 1.76. The van der Waals surface area contributed by atoms with Crippen LogP contribution < -0.4 is 0 Å². The Hall–Kier alpha value is -0.760. The topological polar surface area (TPSA) is 29.5 Å². The van der Waals surface area contributed by atoms with E-state index in [0.717, 1.165) is 25.0 Å². The minimum absolute atomic E-state index is 0.322. The van der Waals surface area contributed by atoms with Gasteiger partial charge in [-0.05, 0) is 44.1 Å². The molecule has 0 radical (unpaired) electrons. The van der Waals surface area contributed by atoms with Gasteiger partial charge in [-0.2, -0.15) is 0 Å². The molecule has 1 N–H and O–H groups in total. The monoisotopic (exact) mass is 208 g/mol. The van der Waals surface area contributed by atoms with E-state index in [1.807, 2.05) is 0 Å². The average Bonchev–Trinajstić information content (AvgIpc) is 2.29. The molecule has 0 amide bonds. The summed E-state index contributed by atoms with van der Waals surface area (Å²) in [5.74, 6) is 1.76. The van der Waals surface area contributed by atoms with Gasteiger partial charge in [-0.15, -0.1) is 0 Å². The largest absolute Gasteiger partial charge is 0.501 e. The first kappa shape index (κ1) is 10.7. The van der Waals surface area contributed by atoms with Crippen LogP contribution in [0.1, 0.15) is 38.5 Å². The van der Waals surface area contributed by atoms with E-state index in [4.69, 9.17) is 9.84 Å². The van der Waals surface area contributed by atoms with Gasteiger partial charge in [0.25, 0.3) is 0 Å². The van der Waals surface area contributed by atoms with Crippen LogP contribution in [0, 0.1) is 5.92 Å². The van der Waals surface area contributed by atoms with Crippen LogP contribution in [0.3, 0.4) is 0 Å². The van der Waals surface area contributed by atoms with Gasteiger partial charge in [-0.3, -0.25) is 0 Å². The number of aliphatic hydroxyl groups is 1. The fraction of sp³-hybridized carbons (Fsp3) is 0.692. The van der Waals surface area contributed by atoms with Crippen molar-refractivity contribution >= 4 is 0 Å². The zero-order valence-corrected chi connectivity index (χ0v) is 9.46. The van der Waals surface area contributed by atoms with Crippen molar-refractivity contribution in [2.75, 3.05) is 13.7 Å². The average molecular weight is 208 g/mol. The normalized spacial score (nSPS) is 26.0. The van der Waals surface area contributed by atoms with Gasteiger partial charge in [0.15, 0.2) is 0 Å². The first-order valence-corrected chi connectivity index (χ1v) is 5.89. The van der Waals surface area contributed by atoms with Crippen molar-refractivity contribution in [1.82, 2.24) is 0 Å². The minimum atomic E-state index is 0.322. The molecule has 0 aliphatic heterocycles. The van der Waals surface area contributed by atoms with Gasteiger partial charge in [0, 0.05) is 13.0 Å². The Kier molecular flexibility index (Phi) is 3.47. The predicted octanol–water partition coefficient (Wildman–Crippen LogP) is 2.79. The van der Waals surface area contributed by atoms with E-state index in [-0.39, 0.29) is 0 Å². The van der Waals surface area contributed by atoms with Crippen LogP contribution in [-0.4, -0.2) is 18.8 Å². The Morgan fingerprint density at radius 1 is 1.53 bits per heavy atom. The van der Waals surface area contributed by atoms with Crippen molar-refractivity contribution in [3.63, 3.8) is 0 Å². The highest BCUT2D eigenvalue weighted by atomic mass is 16.5. The molecule has 1 unspecified atom stereocenters. The lowest BCUT2D eigenvalue weighted by Gasteiger charge is -2.31. The first-order valence-electron chi connectivity index (χ1n) is 5.89. The van der Waals surface area contributed by atoms with E-state index in [1.54, 1.807) is 18.3 Å². The molecular weight excluding hydrogens is 188 g/mol. The summed E-state index contributed by atoms with van der Waals surface area (Å²) in [6.07, 6.45) is 8.97. The molecular formula is C13H20O2. The standard InChI is InChI=1S/C13H20O2/c1-15-12-5-6-13-10(7-8-14)3-2-4-11(13)9-12/h5,10,14H,2-4,6-9H2,1H3. The number of rotatable bonds is 3. The molecule has 0 heterocycles. The van der Waals surface area contributed by atoms with Crippen molar-refractivity contribution in [2.24, 2.45) is 5.92 Å². The molecule has 2 aliphatic rings. The van der Waals surface area contributed by atoms with Crippen LogP contribution in [-0.2, 0) is 4.74 Å². The summed E-state index contributed by atoms with van der Waals surface area (Å²) >= 11 is 0. The molecule has 1 atom stereocenters. The summed E-state index contributed by atoms with van der Waals surface area (Å²) < 4.78 is 5.31. The summed E-state index contributed by atoms with van der Waals surface area (Å²) in [6, 6.07) is 0.